The van der Waals surface area contributed by atoms with Crippen LogP contribution in [-0.4, -0.2) is 18.8 Å². The predicted molar refractivity (Wildman–Crippen MR) is 84.8 cm³/mol. The second-order valence-corrected chi connectivity index (χ2v) is 12.8. The molecule has 0 amide bonds. The number of thioether (sulfide) groups is 1. The fourth-order valence-corrected chi connectivity index (χ4v) is 4.40. The van der Waals surface area contributed by atoms with E-state index in [1.807, 2.05) is 32.0 Å². The lowest BCUT2D eigenvalue weighted by Gasteiger charge is -2.27. The third-order valence-corrected chi connectivity index (χ3v) is 4.98. The lowest BCUT2D eigenvalue weighted by molar-refractivity contribution is 0.120. The molecule has 3 heteroatoms. The van der Waals surface area contributed by atoms with Crippen molar-refractivity contribution in [1.29, 1.82) is 0 Å². The molecule has 0 bridgehead atoms. The van der Waals surface area contributed by atoms with Gasteiger partial charge in [-0.05, 0) is 43.0 Å². The van der Waals surface area contributed by atoms with Crippen molar-refractivity contribution in [3.05, 3.63) is 41.3 Å². The molecular formula is C15H24OSSi. The Bertz CT molecular complexity index is 399. The minimum atomic E-state index is -1.21. The number of rotatable bonds is 5. The van der Waals surface area contributed by atoms with Gasteiger partial charge in [-0.1, -0.05) is 49.6 Å². The highest BCUT2D eigenvalue weighted by Crippen LogP contribution is 2.30. The molecule has 0 spiro atoms. The lowest BCUT2D eigenvalue weighted by atomic mass is 10.0. The van der Waals surface area contributed by atoms with Gasteiger partial charge < -0.3 is 5.11 Å². The molecule has 0 aliphatic heterocycles. The molecule has 1 rings (SSSR count). The standard InChI is InChI=1S/C15H24OSSi/c1-15(2,16)13(12-18(3,4)5)11-17-14-9-7-6-8-10-14/h6-11,16H,12H2,1-5H3/b13-11-. The van der Waals surface area contributed by atoms with Crippen LogP contribution in [0.4, 0.5) is 0 Å². The molecule has 0 radical (unpaired) electrons. The predicted octanol–water partition coefficient (Wildman–Crippen LogP) is 4.77. The first kappa shape index (κ1) is 15.5. The number of hydrogen-bond acceptors (Lipinski definition) is 2. The van der Waals surface area contributed by atoms with Gasteiger partial charge in [-0.2, -0.15) is 0 Å². The molecule has 0 fully saturated rings. The fraction of sp³-hybridized carbons (Fsp3) is 0.467. The quantitative estimate of drug-likeness (QED) is 0.619. The molecule has 100 valence electrons. The van der Waals surface area contributed by atoms with Crippen molar-refractivity contribution in [3.8, 4) is 0 Å². The van der Waals surface area contributed by atoms with Crippen molar-refractivity contribution in [3.63, 3.8) is 0 Å². The summed E-state index contributed by atoms with van der Waals surface area (Å²) in [5.41, 5.74) is 0.428. The minimum absolute atomic E-state index is 0.720. The molecule has 0 saturated carbocycles. The van der Waals surface area contributed by atoms with E-state index in [1.165, 1.54) is 4.90 Å². The van der Waals surface area contributed by atoms with Gasteiger partial charge in [0.25, 0.3) is 0 Å². The van der Waals surface area contributed by atoms with Crippen molar-refractivity contribution in [2.75, 3.05) is 0 Å². The van der Waals surface area contributed by atoms with Gasteiger partial charge in [0, 0.05) is 13.0 Å². The average molecular weight is 281 g/mol. The van der Waals surface area contributed by atoms with Crippen LogP contribution in [0, 0.1) is 0 Å². The number of hydrogen-bond donors (Lipinski definition) is 1. The summed E-state index contributed by atoms with van der Waals surface area (Å²) >= 11 is 1.70. The Balaban J connectivity index is 2.84. The molecule has 0 aromatic heterocycles. The second kappa shape index (κ2) is 6.09. The van der Waals surface area contributed by atoms with Crippen molar-refractivity contribution in [1.82, 2.24) is 0 Å². The molecule has 0 aliphatic rings. The van der Waals surface area contributed by atoms with E-state index >= 15 is 0 Å². The molecule has 0 unspecified atom stereocenters. The SMILES string of the molecule is CC(C)(O)/C(=C\Sc1ccccc1)C[Si](C)(C)C. The van der Waals surface area contributed by atoms with Crippen LogP contribution in [0.3, 0.4) is 0 Å². The maximum atomic E-state index is 10.3. The summed E-state index contributed by atoms with van der Waals surface area (Å²) in [5.74, 6) is 0. The van der Waals surface area contributed by atoms with Crippen molar-refractivity contribution < 1.29 is 5.11 Å². The van der Waals surface area contributed by atoms with E-state index in [0.717, 1.165) is 11.6 Å². The van der Waals surface area contributed by atoms with Gasteiger partial charge in [-0.3, -0.25) is 0 Å². The Morgan fingerprint density at radius 1 is 1.22 bits per heavy atom. The van der Waals surface area contributed by atoms with Gasteiger partial charge in [0.1, 0.15) is 0 Å². The smallest absolute Gasteiger partial charge is 0.0806 e. The van der Waals surface area contributed by atoms with Crippen LogP contribution in [0.2, 0.25) is 25.7 Å². The van der Waals surface area contributed by atoms with Crippen LogP contribution in [0.15, 0.2) is 46.2 Å². The Morgan fingerprint density at radius 3 is 2.22 bits per heavy atom. The first-order valence-electron chi connectivity index (χ1n) is 6.32. The summed E-state index contributed by atoms with van der Waals surface area (Å²) in [6, 6.07) is 11.3. The Hall–Kier alpha value is -0.513. The largest absolute Gasteiger partial charge is 0.386 e. The topological polar surface area (TPSA) is 20.2 Å². The molecule has 1 aromatic carbocycles. The molecule has 0 saturated heterocycles. The van der Waals surface area contributed by atoms with E-state index in [-0.39, 0.29) is 0 Å². The molecular weight excluding hydrogens is 256 g/mol. The maximum absolute atomic E-state index is 10.3. The van der Waals surface area contributed by atoms with Crippen LogP contribution >= 0.6 is 11.8 Å². The third kappa shape index (κ3) is 5.89. The molecule has 18 heavy (non-hydrogen) atoms. The number of benzene rings is 1. The van der Waals surface area contributed by atoms with Gasteiger partial charge in [0.15, 0.2) is 0 Å². The average Bonchev–Trinajstić information content (AvgIpc) is 2.22. The highest BCUT2D eigenvalue weighted by atomic mass is 32.2. The summed E-state index contributed by atoms with van der Waals surface area (Å²) < 4.78 is 0. The Labute approximate surface area is 116 Å². The second-order valence-electron chi connectivity index (χ2n) is 6.37. The van der Waals surface area contributed by atoms with Crippen LogP contribution < -0.4 is 0 Å². The lowest BCUT2D eigenvalue weighted by Crippen LogP contribution is -2.29. The summed E-state index contributed by atoms with van der Waals surface area (Å²) in [4.78, 5) is 1.22. The fourth-order valence-electron chi connectivity index (χ4n) is 1.61. The Kier molecular flexibility index (Phi) is 5.26. The zero-order valence-corrected chi connectivity index (χ0v) is 13.8. The van der Waals surface area contributed by atoms with Crippen molar-refractivity contribution in [2.45, 2.75) is 50.0 Å². The van der Waals surface area contributed by atoms with E-state index in [1.54, 1.807) is 11.8 Å². The van der Waals surface area contributed by atoms with E-state index in [2.05, 4.69) is 37.2 Å². The summed E-state index contributed by atoms with van der Waals surface area (Å²) in [7, 11) is -1.21. The zero-order valence-electron chi connectivity index (χ0n) is 12.0. The van der Waals surface area contributed by atoms with Crippen molar-refractivity contribution >= 4 is 19.8 Å². The Morgan fingerprint density at radius 2 is 1.78 bits per heavy atom. The molecule has 1 nitrogen and oxygen atoms in total. The first-order chi connectivity index (χ1) is 8.18. The summed E-state index contributed by atoms with van der Waals surface area (Å²) in [5, 5.41) is 12.4. The van der Waals surface area contributed by atoms with E-state index in [9.17, 15) is 5.11 Å². The molecule has 0 heterocycles. The highest BCUT2D eigenvalue weighted by Gasteiger charge is 2.25. The van der Waals surface area contributed by atoms with Gasteiger partial charge in [-0.15, -0.1) is 0 Å². The van der Waals surface area contributed by atoms with Crippen LogP contribution in [0.1, 0.15) is 13.8 Å². The van der Waals surface area contributed by atoms with E-state index in [4.69, 9.17) is 0 Å². The third-order valence-electron chi connectivity index (χ3n) is 2.59. The summed E-state index contributed by atoms with van der Waals surface area (Å²) in [6.45, 7) is 10.8. The minimum Gasteiger partial charge on any atom is -0.386 e. The summed E-state index contributed by atoms with van der Waals surface area (Å²) in [6.07, 6.45) is 0. The van der Waals surface area contributed by atoms with Gasteiger partial charge >= 0.3 is 0 Å². The monoisotopic (exact) mass is 280 g/mol. The molecule has 0 atom stereocenters. The van der Waals surface area contributed by atoms with Crippen LogP contribution in [0.5, 0.6) is 0 Å². The first-order valence-corrected chi connectivity index (χ1v) is 10.9. The maximum Gasteiger partial charge on any atom is 0.0806 e. The zero-order chi connectivity index (χ0) is 13.8. The van der Waals surface area contributed by atoms with Gasteiger partial charge in [0.2, 0.25) is 0 Å². The normalized spacial score (nSPS) is 13.8. The van der Waals surface area contributed by atoms with Crippen LogP contribution in [-0.2, 0) is 0 Å². The van der Waals surface area contributed by atoms with E-state index in [0.29, 0.717) is 0 Å². The highest BCUT2D eigenvalue weighted by molar-refractivity contribution is 8.02. The van der Waals surface area contributed by atoms with Crippen LogP contribution in [0.25, 0.3) is 0 Å². The molecule has 1 aromatic rings. The molecule has 1 N–H and O–H groups in total. The van der Waals surface area contributed by atoms with Gasteiger partial charge in [0.05, 0.1) is 5.60 Å². The van der Waals surface area contributed by atoms with E-state index < -0.39 is 13.7 Å². The number of aliphatic hydroxyl groups is 1. The molecule has 0 aliphatic carbocycles. The van der Waals surface area contributed by atoms with Crippen molar-refractivity contribution in [2.24, 2.45) is 0 Å². The van der Waals surface area contributed by atoms with Gasteiger partial charge in [-0.25, -0.2) is 0 Å².